The molecule has 0 heterocycles. The predicted octanol–water partition coefficient (Wildman–Crippen LogP) is 0.270. The standard InChI is InChI=1S/3C2H4O2.Co/c3*1-2(3)4;/h3*1H3,(H,3,4);. The molecule has 81 valence electrons. The summed E-state index contributed by atoms with van der Waals surface area (Å²) in [7, 11) is 0. The number of carboxylic acid groups (broad SMARTS) is 3. The average Bonchev–Trinajstić information content (AvgIpc) is 1.54. The van der Waals surface area contributed by atoms with Crippen molar-refractivity contribution in [2.45, 2.75) is 20.8 Å². The van der Waals surface area contributed by atoms with E-state index >= 15 is 0 Å². The minimum Gasteiger partial charge on any atom is -0.481 e. The number of rotatable bonds is 0. The molecule has 1 radical (unpaired) electrons. The first-order valence-electron chi connectivity index (χ1n) is 2.78. The van der Waals surface area contributed by atoms with Gasteiger partial charge in [-0.05, 0) is 0 Å². The van der Waals surface area contributed by atoms with E-state index in [9.17, 15) is 0 Å². The maximum absolute atomic E-state index is 9.00. The molecule has 0 saturated heterocycles. The first-order valence-corrected chi connectivity index (χ1v) is 2.78. The molecule has 0 aromatic heterocycles. The summed E-state index contributed by atoms with van der Waals surface area (Å²) in [6.45, 7) is 3.25. The molecule has 0 bridgehead atoms. The van der Waals surface area contributed by atoms with Crippen molar-refractivity contribution >= 4 is 17.9 Å². The Hall–Kier alpha value is -1.08. The molecule has 0 aromatic carbocycles. The van der Waals surface area contributed by atoms with Gasteiger partial charge in [-0.1, -0.05) is 0 Å². The molecule has 0 aromatic rings. The molecular formula is C6H12CoO6. The summed E-state index contributed by atoms with van der Waals surface area (Å²) in [6.07, 6.45) is 0. The van der Waals surface area contributed by atoms with E-state index < -0.39 is 17.9 Å². The third-order valence-electron chi connectivity index (χ3n) is 0. The topological polar surface area (TPSA) is 112 Å². The van der Waals surface area contributed by atoms with Crippen molar-refractivity contribution in [1.29, 1.82) is 0 Å². The Kier molecular flexibility index (Phi) is 29.9. The van der Waals surface area contributed by atoms with E-state index in [1.165, 1.54) is 0 Å². The molecule has 0 aliphatic rings. The third-order valence-corrected chi connectivity index (χ3v) is 0. The van der Waals surface area contributed by atoms with E-state index in [4.69, 9.17) is 29.7 Å². The van der Waals surface area contributed by atoms with Gasteiger partial charge in [-0.2, -0.15) is 0 Å². The zero-order chi connectivity index (χ0) is 10.7. The molecule has 0 rings (SSSR count). The van der Waals surface area contributed by atoms with Crippen molar-refractivity contribution < 1.29 is 46.5 Å². The Morgan fingerprint density at radius 3 is 0.692 bits per heavy atom. The maximum atomic E-state index is 9.00. The molecular weight excluding hydrogens is 227 g/mol. The molecule has 6 nitrogen and oxygen atoms in total. The number of carbonyl (C=O) groups is 3. The van der Waals surface area contributed by atoms with Gasteiger partial charge in [-0.3, -0.25) is 14.4 Å². The monoisotopic (exact) mass is 239 g/mol. The van der Waals surface area contributed by atoms with Crippen molar-refractivity contribution in [3.8, 4) is 0 Å². The van der Waals surface area contributed by atoms with Crippen LogP contribution in [0.5, 0.6) is 0 Å². The van der Waals surface area contributed by atoms with E-state index in [1.807, 2.05) is 0 Å². The molecule has 0 fully saturated rings. The number of carboxylic acids is 3. The largest absolute Gasteiger partial charge is 0.481 e. The summed E-state index contributed by atoms with van der Waals surface area (Å²) in [5.74, 6) is -2.50. The van der Waals surface area contributed by atoms with Gasteiger partial charge < -0.3 is 15.3 Å². The molecule has 0 aliphatic heterocycles. The van der Waals surface area contributed by atoms with Crippen LogP contribution in [0.25, 0.3) is 0 Å². The van der Waals surface area contributed by atoms with Crippen LogP contribution in [0, 0.1) is 0 Å². The Labute approximate surface area is 85.8 Å². The molecule has 0 saturated carbocycles. The predicted molar refractivity (Wildman–Crippen MR) is 39.9 cm³/mol. The molecule has 7 heteroatoms. The van der Waals surface area contributed by atoms with Crippen LogP contribution in [0.2, 0.25) is 0 Å². The van der Waals surface area contributed by atoms with Crippen LogP contribution < -0.4 is 0 Å². The minimum absolute atomic E-state index is 0. The van der Waals surface area contributed by atoms with E-state index in [0.717, 1.165) is 20.8 Å². The van der Waals surface area contributed by atoms with Gasteiger partial charge in [0, 0.05) is 37.6 Å². The maximum Gasteiger partial charge on any atom is 0.300 e. The Balaban J connectivity index is -0.0000000450. The first kappa shape index (κ1) is 22.7. The third kappa shape index (κ3) is 739. The number of aliphatic carboxylic acids is 3. The van der Waals surface area contributed by atoms with Gasteiger partial charge in [0.05, 0.1) is 0 Å². The van der Waals surface area contributed by atoms with Gasteiger partial charge in [0.2, 0.25) is 0 Å². The van der Waals surface area contributed by atoms with Crippen LogP contribution in [0.1, 0.15) is 20.8 Å². The SMILES string of the molecule is CC(=O)O.CC(=O)O.CC(=O)O.[Co]. The van der Waals surface area contributed by atoms with Crippen LogP contribution >= 0.6 is 0 Å². The zero-order valence-corrected chi connectivity index (χ0v) is 8.44. The number of hydrogen-bond donors (Lipinski definition) is 3. The van der Waals surface area contributed by atoms with Crippen LogP contribution in [0.3, 0.4) is 0 Å². The molecule has 13 heavy (non-hydrogen) atoms. The van der Waals surface area contributed by atoms with Crippen LogP contribution in [0.4, 0.5) is 0 Å². The fourth-order valence-corrected chi connectivity index (χ4v) is 0. The van der Waals surface area contributed by atoms with Crippen molar-refractivity contribution in [2.24, 2.45) is 0 Å². The zero-order valence-electron chi connectivity index (χ0n) is 7.40. The summed E-state index contributed by atoms with van der Waals surface area (Å²) in [4.78, 5) is 27.0. The van der Waals surface area contributed by atoms with Crippen molar-refractivity contribution in [3.05, 3.63) is 0 Å². The summed E-state index contributed by atoms with van der Waals surface area (Å²) in [5, 5.41) is 22.2. The molecule has 0 spiro atoms. The second kappa shape index (κ2) is 17.1. The van der Waals surface area contributed by atoms with Gasteiger partial charge in [0.1, 0.15) is 0 Å². The Bertz CT molecular complexity index is 115. The van der Waals surface area contributed by atoms with Gasteiger partial charge in [-0.15, -0.1) is 0 Å². The Morgan fingerprint density at radius 1 is 0.692 bits per heavy atom. The minimum atomic E-state index is -0.833. The van der Waals surface area contributed by atoms with E-state index in [0.29, 0.717) is 0 Å². The van der Waals surface area contributed by atoms with Gasteiger partial charge >= 0.3 is 0 Å². The second-order valence-electron chi connectivity index (χ2n) is 1.56. The molecule has 0 unspecified atom stereocenters. The smallest absolute Gasteiger partial charge is 0.300 e. The first-order chi connectivity index (χ1) is 5.20. The normalized spacial score (nSPS) is 5.77. The van der Waals surface area contributed by atoms with Crippen molar-refractivity contribution in [2.75, 3.05) is 0 Å². The summed E-state index contributed by atoms with van der Waals surface area (Å²) >= 11 is 0. The van der Waals surface area contributed by atoms with E-state index in [2.05, 4.69) is 0 Å². The summed E-state index contributed by atoms with van der Waals surface area (Å²) in [6, 6.07) is 0. The van der Waals surface area contributed by atoms with E-state index in [-0.39, 0.29) is 16.8 Å². The van der Waals surface area contributed by atoms with Gasteiger partial charge in [-0.25, -0.2) is 0 Å². The summed E-state index contributed by atoms with van der Waals surface area (Å²) < 4.78 is 0. The fraction of sp³-hybridized carbons (Fsp3) is 0.500. The Morgan fingerprint density at radius 2 is 0.692 bits per heavy atom. The van der Waals surface area contributed by atoms with Crippen molar-refractivity contribution in [3.63, 3.8) is 0 Å². The average molecular weight is 239 g/mol. The van der Waals surface area contributed by atoms with Crippen LogP contribution in [-0.4, -0.2) is 33.2 Å². The molecule has 0 atom stereocenters. The molecule has 0 amide bonds. The second-order valence-corrected chi connectivity index (χ2v) is 1.56. The van der Waals surface area contributed by atoms with Crippen LogP contribution in [0.15, 0.2) is 0 Å². The molecule has 3 N–H and O–H groups in total. The van der Waals surface area contributed by atoms with Gasteiger partial charge in [0.15, 0.2) is 0 Å². The number of hydrogen-bond acceptors (Lipinski definition) is 3. The van der Waals surface area contributed by atoms with E-state index in [1.54, 1.807) is 0 Å². The molecule has 0 aliphatic carbocycles. The quantitative estimate of drug-likeness (QED) is 0.559. The van der Waals surface area contributed by atoms with Gasteiger partial charge in [0.25, 0.3) is 17.9 Å². The fourth-order valence-electron chi connectivity index (χ4n) is 0. The summed E-state index contributed by atoms with van der Waals surface area (Å²) in [5.41, 5.74) is 0. The van der Waals surface area contributed by atoms with Crippen LogP contribution in [-0.2, 0) is 31.2 Å². The van der Waals surface area contributed by atoms with Crippen molar-refractivity contribution in [1.82, 2.24) is 0 Å².